The van der Waals surface area contributed by atoms with Gasteiger partial charge in [-0.15, -0.1) is 0 Å². The summed E-state index contributed by atoms with van der Waals surface area (Å²) in [4.78, 5) is 0.135. The average Bonchev–Trinajstić information content (AvgIpc) is 3.03. The van der Waals surface area contributed by atoms with E-state index in [1.807, 2.05) is 0 Å². The SMILES string of the molecule is CCCC(C)c1cc(NS(=O)(=O)c2ccc(C(C)(C)C#N)cc2)n[nH]1. The minimum Gasteiger partial charge on any atom is -0.280 e. The Morgan fingerprint density at radius 3 is 2.52 bits per heavy atom. The molecule has 0 saturated heterocycles. The van der Waals surface area contributed by atoms with E-state index in [1.165, 1.54) is 12.1 Å². The molecular weight excluding hydrogens is 336 g/mol. The molecule has 0 fully saturated rings. The van der Waals surface area contributed by atoms with Gasteiger partial charge in [0.15, 0.2) is 5.82 Å². The van der Waals surface area contributed by atoms with Crippen LogP contribution in [0, 0.1) is 11.3 Å². The van der Waals surface area contributed by atoms with E-state index in [0.29, 0.717) is 5.92 Å². The van der Waals surface area contributed by atoms with Crippen molar-refractivity contribution < 1.29 is 8.42 Å². The number of anilines is 1. The predicted molar refractivity (Wildman–Crippen MR) is 97.8 cm³/mol. The lowest BCUT2D eigenvalue weighted by Gasteiger charge is -2.16. The van der Waals surface area contributed by atoms with Gasteiger partial charge in [0.05, 0.1) is 16.4 Å². The Bertz CT molecular complexity index is 861. The van der Waals surface area contributed by atoms with Crippen molar-refractivity contribution in [2.24, 2.45) is 0 Å². The third-order valence-corrected chi connectivity index (χ3v) is 5.63. The first-order valence-electron chi connectivity index (χ1n) is 8.29. The summed E-state index contributed by atoms with van der Waals surface area (Å²) in [6.45, 7) is 7.76. The van der Waals surface area contributed by atoms with E-state index in [1.54, 1.807) is 32.0 Å². The van der Waals surface area contributed by atoms with Crippen molar-refractivity contribution in [3.63, 3.8) is 0 Å². The van der Waals surface area contributed by atoms with Crippen LogP contribution in [-0.2, 0) is 15.4 Å². The Kier molecular flexibility index (Phi) is 5.53. The van der Waals surface area contributed by atoms with Crippen LogP contribution in [0.4, 0.5) is 5.82 Å². The molecule has 0 aliphatic rings. The second kappa shape index (κ2) is 7.28. The van der Waals surface area contributed by atoms with Crippen LogP contribution in [0.3, 0.4) is 0 Å². The minimum absolute atomic E-state index is 0.135. The molecule has 2 aromatic rings. The number of aromatic nitrogens is 2. The summed E-state index contributed by atoms with van der Waals surface area (Å²) in [6, 6.07) is 10.3. The number of nitrogens with zero attached hydrogens (tertiary/aromatic N) is 2. The number of nitrogens with one attached hydrogen (secondary N) is 2. The Morgan fingerprint density at radius 2 is 1.96 bits per heavy atom. The zero-order valence-corrected chi connectivity index (χ0v) is 15.8. The number of benzene rings is 1. The van der Waals surface area contributed by atoms with Gasteiger partial charge < -0.3 is 0 Å². The van der Waals surface area contributed by atoms with Gasteiger partial charge in [0.1, 0.15) is 0 Å². The number of rotatable bonds is 7. The maximum atomic E-state index is 12.5. The molecule has 1 unspecified atom stereocenters. The molecule has 7 heteroatoms. The number of aromatic amines is 1. The van der Waals surface area contributed by atoms with Crippen molar-refractivity contribution in [1.82, 2.24) is 10.2 Å². The summed E-state index contributed by atoms with van der Waals surface area (Å²) in [5.41, 5.74) is 1.01. The third kappa shape index (κ3) is 4.40. The van der Waals surface area contributed by atoms with E-state index < -0.39 is 15.4 Å². The van der Waals surface area contributed by atoms with Crippen LogP contribution in [0.2, 0.25) is 0 Å². The van der Waals surface area contributed by atoms with Gasteiger partial charge in [0, 0.05) is 11.8 Å². The lowest BCUT2D eigenvalue weighted by atomic mass is 9.87. The van der Waals surface area contributed by atoms with Crippen molar-refractivity contribution in [3.8, 4) is 6.07 Å². The predicted octanol–water partition coefficient (Wildman–Crippen LogP) is 3.92. The summed E-state index contributed by atoms with van der Waals surface area (Å²) < 4.78 is 27.5. The van der Waals surface area contributed by atoms with Crippen molar-refractivity contribution in [3.05, 3.63) is 41.6 Å². The summed E-state index contributed by atoms with van der Waals surface area (Å²) in [5, 5.41) is 16.1. The second-order valence-electron chi connectivity index (χ2n) is 6.76. The van der Waals surface area contributed by atoms with Gasteiger partial charge in [-0.1, -0.05) is 32.4 Å². The van der Waals surface area contributed by atoms with Gasteiger partial charge in [0.2, 0.25) is 0 Å². The smallest absolute Gasteiger partial charge is 0.263 e. The van der Waals surface area contributed by atoms with Gasteiger partial charge in [0.25, 0.3) is 10.0 Å². The fourth-order valence-electron chi connectivity index (χ4n) is 2.54. The first kappa shape index (κ1) is 19.0. The fraction of sp³-hybridized carbons (Fsp3) is 0.444. The lowest BCUT2D eigenvalue weighted by molar-refractivity contribution is 0.600. The molecule has 25 heavy (non-hydrogen) atoms. The molecule has 0 spiro atoms. The van der Waals surface area contributed by atoms with Crippen molar-refractivity contribution in [1.29, 1.82) is 5.26 Å². The first-order chi connectivity index (χ1) is 11.7. The molecule has 0 aliphatic heterocycles. The van der Waals surface area contributed by atoms with Crippen LogP contribution < -0.4 is 4.72 Å². The van der Waals surface area contributed by atoms with E-state index in [4.69, 9.17) is 5.26 Å². The largest absolute Gasteiger partial charge is 0.280 e. The lowest BCUT2D eigenvalue weighted by Crippen LogP contribution is -2.16. The van der Waals surface area contributed by atoms with Crippen molar-refractivity contribution in [2.45, 2.75) is 56.8 Å². The van der Waals surface area contributed by atoms with Crippen LogP contribution in [-0.4, -0.2) is 18.6 Å². The molecule has 0 bridgehead atoms. The monoisotopic (exact) mass is 360 g/mol. The highest BCUT2D eigenvalue weighted by molar-refractivity contribution is 7.92. The molecule has 0 amide bonds. The standard InChI is InChI=1S/C18H24N4O2S/c1-5-6-13(2)16-11-17(21-20-16)22-25(23,24)15-9-7-14(8-10-15)18(3,4)12-19/h7-11,13H,5-6H2,1-4H3,(H2,20,21,22). The first-order valence-corrected chi connectivity index (χ1v) is 9.78. The summed E-state index contributed by atoms with van der Waals surface area (Å²) >= 11 is 0. The second-order valence-corrected chi connectivity index (χ2v) is 8.45. The number of nitriles is 1. The normalized spacial score (nSPS) is 13.2. The quantitative estimate of drug-likeness (QED) is 0.782. The van der Waals surface area contributed by atoms with Crippen LogP contribution in [0.25, 0.3) is 0 Å². The maximum absolute atomic E-state index is 12.5. The molecule has 0 radical (unpaired) electrons. The molecule has 2 rings (SSSR count). The number of sulfonamides is 1. The van der Waals surface area contributed by atoms with Gasteiger partial charge in [-0.2, -0.15) is 10.4 Å². The zero-order valence-electron chi connectivity index (χ0n) is 15.0. The highest BCUT2D eigenvalue weighted by atomic mass is 32.2. The fourth-order valence-corrected chi connectivity index (χ4v) is 3.53. The van der Waals surface area contributed by atoms with Crippen molar-refractivity contribution >= 4 is 15.8 Å². The van der Waals surface area contributed by atoms with Crippen LogP contribution in [0.15, 0.2) is 35.2 Å². The van der Waals surface area contributed by atoms with E-state index >= 15 is 0 Å². The van der Waals surface area contributed by atoms with E-state index in [-0.39, 0.29) is 10.7 Å². The highest BCUT2D eigenvalue weighted by Gasteiger charge is 2.22. The maximum Gasteiger partial charge on any atom is 0.263 e. The van der Waals surface area contributed by atoms with Crippen LogP contribution in [0.1, 0.15) is 57.7 Å². The summed E-state index contributed by atoms with van der Waals surface area (Å²) in [5.74, 6) is 0.572. The van der Waals surface area contributed by atoms with E-state index in [2.05, 4.69) is 34.8 Å². The number of hydrogen-bond donors (Lipinski definition) is 2. The molecule has 1 aromatic heterocycles. The number of H-pyrrole nitrogens is 1. The van der Waals surface area contributed by atoms with E-state index in [0.717, 1.165) is 24.1 Å². The molecule has 0 saturated carbocycles. The van der Waals surface area contributed by atoms with Gasteiger partial charge in [-0.25, -0.2) is 8.42 Å². The molecule has 1 heterocycles. The van der Waals surface area contributed by atoms with Crippen LogP contribution in [0.5, 0.6) is 0 Å². The molecule has 2 N–H and O–H groups in total. The number of hydrogen-bond acceptors (Lipinski definition) is 4. The van der Waals surface area contributed by atoms with Gasteiger partial charge in [-0.3, -0.25) is 9.82 Å². The molecular formula is C18H24N4O2S. The Labute approximate surface area is 149 Å². The average molecular weight is 360 g/mol. The molecule has 0 aliphatic carbocycles. The molecule has 134 valence electrons. The third-order valence-electron chi connectivity index (χ3n) is 4.26. The Balaban J connectivity index is 2.18. The summed E-state index contributed by atoms with van der Waals surface area (Å²) in [6.07, 6.45) is 2.05. The van der Waals surface area contributed by atoms with Crippen molar-refractivity contribution in [2.75, 3.05) is 4.72 Å². The zero-order chi connectivity index (χ0) is 18.7. The topological polar surface area (TPSA) is 98.6 Å². The van der Waals surface area contributed by atoms with Gasteiger partial charge in [-0.05, 0) is 43.9 Å². The molecule has 6 nitrogen and oxygen atoms in total. The van der Waals surface area contributed by atoms with Crippen LogP contribution >= 0.6 is 0 Å². The Morgan fingerprint density at radius 1 is 1.32 bits per heavy atom. The Hall–Kier alpha value is -2.33. The molecule has 1 atom stereocenters. The summed E-state index contributed by atoms with van der Waals surface area (Å²) in [7, 11) is -3.72. The molecule has 1 aromatic carbocycles. The minimum atomic E-state index is -3.72. The van der Waals surface area contributed by atoms with E-state index in [9.17, 15) is 8.42 Å². The van der Waals surface area contributed by atoms with Gasteiger partial charge >= 0.3 is 0 Å². The highest BCUT2D eigenvalue weighted by Crippen LogP contribution is 2.25.